The Morgan fingerprint density at radius 1 is 1.18 bits per heavy atom. The molecule has 1 saturated carbocycles. The third kappa shape index (κ3) is 4.20. The van der Waals surface area contributed by atoms with E-state index in [-0.39, 0.29) is 23.6 Å². The third-order valence-electron chi connectivity index (χ3n) is 5.12. The number of nitrogens with one attached hydrogen (secondary N) is 1. The number of hydrogen-bond acceptors (Lipinski definition) is 4. The Bertz CT molecular complexity index is 472. The van der Waals surface area contributed by atoms with Gasteiger partial charge < -0.3 is 11.1 Å². The van der Waals surface area contributed by atoms with Gasteiger partial charge >= 0.3 is 0 Å². The molecule has 22 heavy (non-hydrogen) atoms. The predicted octanol–water partition coefficient (Wildman–Crippen LogP) is 0.682. The van der Waals surface area contributed by atoms with Gasteiger partial charge in [0.2, 0.25) is 15.9 Å². The lowest BCUT2D eigenvalue weighted by atomic mass is 9.84. The largest absolute Gasteiger partial charge is 0.353 e. The summed E-state index contributed by atoms with van der Waals surface area (Å²) in [6, 6.07) is 0.198. The zero-order valence-corrected chi connectivity index (χ0v) is 14.3. The average molecular weight is 331 g/mol. The second-order valence-corrected chi connectivity index (χ2v) is 8.73. The molecule has 0 aromatic heterocycles. The van der Waals surface area contributed by atoms with Crippen molar-refractivity contribution in [2.45, 2.75) is 51.5 Å². The van der Waals surface area contributed by atoms with E-state index in [1.165, 1.54) is 10.7 Å². The maximum atomic E-state index is 12.4. The monoisotopic (exact) mass is 331 g/mol. The first-order valence-corrected chi connectivity index (χ1v) is 10.1. The molecule has 1 saturated heterocycles. The van der Waals surface area contributed by atoms with Gasteiger partial charge in [-0.3, -0.25) is 4.79 Å². The average Bonchev–Trinajstić information content (AvgIpc) is 2.55. The highest BCUT2D eigenvalue weighted by atomic mass is 32.2. The molecule has 2 rings (SSSR count). The Hall–Kier alpha value is -0.660. The molecule has 3 N–H and O–H groups in total. The van der Waals surface area contributed by atoms with Crippen molar-refractivity contribution in [3.05, 3.63) is 0 Å². The zero-order chi connectivity index (χ0) is 16.2. The molecule has 2 atom stereocenters. The zero-order valence-electron chi connectivity index (χ0n) is 13.5. The van der Waals surface area contributed by atoms with Crippen LogP contribution in [0.15, 0.2) is 0 Å². The third-order valence-corrected chi connectivity index (χ3v) is 7.00. The second kappa shape index (κ2) is 7.75. The fourth-order valence-electron chi connectivity index (χ4n) is 3.56. The van der Waals surface area contributed by atoms with E-state index in [1.807, 2.05) is 0 Å². The minimum absolute atomic E-state index is 0.0661. The van der Waals surface area contributed by atoms with Crippen LogP contribution in [0, 0.1) is 11.8 Å². The summed E-state index contributed by atoms with van der Waals surface area (Å²) in [5.41, 5.74) is 5.80. The summed E-state index contributed by atoms with van der Waals surface area (Å²) in [6.45, 7) is 3.20. The molecule has 0 aromatic rings. The molecule has 6 nitrogen and oxygen atoms in total. The van der Waals surface area contributed by atoms with E-state index in [0.29, 0.717) is 38.4 Å². The maximum Gasteiger partial charge on any atom is 0.223 e. The van der Waals surface area contributed by atoms with Crippen LogP contribution >= 0.6 is 0 Å². The Balaban J connectivity index is 1.84. The van der Waals surface area contributed by atoms with Crippen LogP contribution in [0.3, 0.4) is 0 Å². The maximum absolute atomic E-state index is 12.4. The summed E-state index contributed by atoms with van der Waals surface area (Å²) in [6.07, 6.45) is 5.68. The summed E-state index contributed by atoms with van der Waals surface area (Å²) < 4.78 is 25.2. The molecule has 1 heterocycles. The molecular weight excluding hydrogens is 302 g/mol. The summed E-state index contributed by atoms with van der Waals surface area (Å²) in [7, 11) is -3.13. The van der Waals surface area contributed by atoms with Gasteiger partial charge in [0.1, 0.15) is 0 Å². The van der Waals surface area contributed by atoms with Gasteiger partial charge in [-0.15, -0.1) is 0 Å². The van der Waals surface area contributed by atoms with E-state index in [2.05, 4.69) is 5.32 Å². The van der Waals surface area contributed by atoms with Crippen LogP contribution in [-0.2, 0) is 14.8 Å². The molecule has 1 aliphatic heterocycles. The number of sulfonamides is 1. The Morgan fingerprint density at radius 3 is 2.41 bits per heavy atom. The van der Waals surface area contributed by atoms with Gasteiger partial charge in [0.05, 0.1) is 5.75 Å². The Labute approximate surface area is 133 Å². The van der Waals surface area contributed by atoms with Crippen molar-refractivity contribution in [2.75, 3.05) is 25.4 Å². The number of carbonyl (C=O) groups is 1. The SMILES string of the molecule is CCS(=O)(=O)N1CCC(C(=O)NC2CCCCC2CN)CC1. The molecule has 1 amide bonds. The van der Waals surface area contributed by atoms with Gasteiger partial charge in [0.15, 0.2) is 0 Å². The first-order chi connectivity index (χ1) is 10.5. The molecule has 2 fully saturated rings. The molecule has 2 unspecified atom stereocenters. The van der Waals surface area contributed by atoms with Crippen molar-refractivity contribution < 1.29 is 13.2 Å². The first-order valence-electron chi connectivity index (χ1n) is 8.46. The lowest BCUT2D eigenvalue weighted by molar-refractivity contribution is -0.127. The van der Waals surface area contributed by atoms with Gasteiger partial charge in [-0.1, -0.05) is 12.8 Å². The van der Waals surface area contributed by atoms with Crippen LogP contribution in [0.4, 0.5) is 0 Å². The molecular formula is C15H29N3O3S. The standard InChI is InChI=1S/C15H29N3O3S/c1-2-22(20,21)18-9-7-12(8-10-18)15(19)17-14-6-4-3-5-13(14)11-16/h12-14H,2-11,16H2,1H3,(H,17,19). The lowest BCUT2D eigenvalue weighted by Gasteiger charge is -2.34. The number of carbonyl (C=O) groups excluding carboxylic acids is 1. The predicted molar refractivity (Wildman–Crippen MR) is 86.7 cm³/mol. The number of nitrogens with two attached hydrogens (primary N) is 1. The fourth-order valence-corrected chi connectivity index (χ4v) is 4.69. The number of rotatable bonds is 5. The first kappa shape index (κ1) is 17.7. The molecule has 0 aromatic carbocycles. The van der Waals surface area contributed by atoms with Crippen molar-refractivity contribution in [1.29, 1.82) is 0 Å². The van der Waals surface area contributed by atoms with Crippen molar-refractivity contribution in [3.63, 3.8) is 0 Å². The highest BCUT2D eigenvalue weighted by molar-refractivity contribution is 7.89. The highest BCUT2D eigenvalue weighted by Crippen LogP contribution is 2.25. The molecule has 0 bridgehead atoms. The molecule has 0 spiro atoms. The van der Waals surface area contributed by atoms with E-state index in [1.54, 1.807) is 6.92 Å². The van der Waals surface area contributed by atoms with Crippen LogP contribution in [0.1, 0.15) is 45.4 Å². The van der Waals surface area contributed by atoms with Crippen LogP contribution in [0.25, 0.3) is 0 Å². The van der Waals surface area contributed by atoms with Gasteiger partial charge in [0, 0.05) is 25.0 Å². The van der Waals surface area contributed by atoms with E-state index >= 15 is 0 Å². The number of amides is 1. The second-order valence-electron chi connectivity index (χ2n) is 6.47. The van der Waals surface area contributed by atoms with E-state index in [4.69, 9.17) is 5.73 Å². The van der Waals surface area contributed by atoms with Crippen LogP contribution in [0.2, 0.25) is 0 Å². The molecule has 0 radical (unpaired) electrons. The van der Waals surface area contributed by atoms with Crippen molar-refractivity contribution in [1.82, 2.24) is 9.62 Å². The highest BCUT2D eigenvalue weighted by Gasteiger charge is 2.32. The van der Waals surface area contributed by atoms with Crippen LogP contribution in [0.5, 0.6) is 0 Å². The fraction of sp³-hybridized carbons (Fsp3) is 0.933. The smallest absolute Gasteiger partial charge is 0.223 e. The molecule has 2 aliphatic rings. The van der Waals surface area contributed by atoms with Gasteiger partial charge in [-0.05, 0) is 45.1 Å². The van der Waals surface area contributed by atoms with Crippen molar-refractivity contribution in [3.8, 4) is 0 Å². The van der Waals surface area contributed by atoms with E-state index in [0.717, 1.165) is 19.3 Å². The quantitative estimate of drug-likeness (QED) is 0.775. The van der Waals surface area contributed by atoms with Gasteiger partial charge in [0.25, 0.3) is 0 Å². The Kier molecular flexibility index (Phi) is 6.23. The van der Waals surface area contributed by atoms with E-state index in [9.17, 15) is 13.2 Å². The minimum atomic E-state index is -3.13. The number of nitrogens with zero attached hydrogens (tertiary/aromatic N) is 1. The van der Waals surface area contributed by atoms with Crippen molar-refractivity contribution >= 4 is 15.9 Å². The van der Waals surface area contributed by atoms with E-state index < -0.39 is 10.0 Å². The summed E-state index contributed by atoms with van der Waals surface area (Å²) >= 11 is 0. The van der Waals surface area contributed by atoms with Crippen molar-refractivity contribution in [2.24, 2.45) is 17.6 Å². The molecule has 7 heteroatoms. The van der Waals surface area contributed by atoms with Gasteiger partial charge in [-0.25, -0.2) is 12.7 Å². The molecule has 128 valence electrons. The molecule has 1 aliphatic carbocycles. The normalized spacial score (nSPS) is 28.5. The summed E-state index contributed by atoms with van der Waals surface area (Å²) in [4.78, 5) is 12.4. The summed E-state index contributed by atoms with van der Waals surface area (Å²) in [5.74, 6) is 0.533. The topological polar surface area (TPSA) is 92.5 Å². The number of piperidine rings is 1. The minimum Gasteiger partial charge on any atom is -0.353 e. The lowest BCUT2D eigenvalue weighted by Crippen LogP contribution is -2.49. The van der Waals surface area contributed by atoms with Crippen LogP contribution < -0.4 is 11.1 Å². The summed E-state index contributed by atoms with van der Waals surface area (Å²) in [5, 5.41) is 3.17. The van der Waals surface area contributed by atoms with Gasteiger partial charge in [-0.2, -0.15) is 0 Å². The number of hydrogen-bond donors (Lipinski definition) is 2. The van der Waals surface area contributed by atoms with Crippen LogP contribution in [-0.4, -0.2) is 50.1 Å². The Morgan fingerprint density at radius 2 is 1.82 bits per heavy atom.